The summed E-state index contributed by atoms with van der Waals surface area (Å²) in [5.41, 5.74) is 0. The Bertz CT molecular complexity index is 1060. The average Bonchev–Trinajstić information content (AvgIpc) is 3.63. The number of alkyl halides is 1. The molecule has 13 nitrogen and oxygen atoms in total. The molecule has 10 unspecified atom stereocenters. The van der Waals surface area contributed by atoms with E-state index in [0.717, 1.165) is 38.5 Å². The van der Waals surface area contributed by atoms with Crippen molar-refractivity contribution in [3.8, 4) is 0 Å². The van der Waals surface area contributed by atoms with Gasteiger partial charge in [0.1, 0.15) is 6.17 Å². The van der Waals surface area contributed by atoms with Crippen molar-refractivity contribution < 1.29 is 37.9 Å². The van der Waals surface area contributed by atoms with Crippen molar-refractivity contribution in [1.82, 2.24) is 31.9 Å². The summed E-state index contributed by atoms with van der Waals surface area (Å²) in [4.78, 5) is 68.0. The summed E-state index contributed by atoms with van der Waals surface area (Å²) in [7, 11) is 4.79. The largest absolute Gasteiger partial charge is 0.372 e. The zero-order valence-electron chi connectivity index (χ0n) is 28.4. The number of rotatable bonds is 7. The van der Waals surface area contributed by atoms with E-state index in [4.69, 9.17) is 4.74 Å². The summed E-state index contributed by atoms with van der Waals surface area (Å²) in [6.45, 7) is 6.43. The Morgan fingerprint density at radius 1 is 0.609 bits per heavy atom. The fourth-order valence-corrected chi connectivity index (χ4v) is 7.32. The highest BCUT2D eigenvalue weighted by Gasteiger charge is 2.52. The Hall–Kier alpha value is -3.29. The molecule has 4 fully saturated rings. The van der Waals surface area contributed by atoms with Crippen molar-refractivity contribution in [2.24, 2.45) is 23.7 Å². The Morgan fingerprint density at radius 3 is 1.57 bits per heavy atom. The van der Waals surface area contributed by atoms with E-state index in [0.29, 0.717) is 25.2 Å². The van der Waals surface area contributed by atoms with Crippen LogP contribution in [0.5, 0.6) is 0 Å². The lowest BCUT2D eigenvalue weighted by molar-refractivity contribution is -0.130. The first-order valence-electron chi connectivity index (χ1n) is 16.5. The third-order valence-corrected chi connectivity index (χ3v) is 9.47. The SMILES string of the molecule is CCC1CCCC(C(=O)NC)C1NC(C)=O.CNC(=O)C1C2CCC(O2)C1NC(C)=O.CNC(=O)C1CCCC(F)C1NC(C)=O. The Morgan fingerprint density at radius 2 is 1.07 bits per heavy atom. The van der Waals surface area contributed by atoms with Crippen molar-refractivity contribution in [3.05, 3.63) is 0 Å². The average molecular weight is 655 g/mol. The fourth-order valence-electron chi connectivity index (χ4n) is 7.32. The number of hydrogen-bond donors (Lipinski definition) is 6. The molecular weight excluding hydrogens is 599 g/mol. The highest BCUT2D eigenvalue weighted by atomic mass is 19.1. The Balaban J connectivity index is 0.000000240. The molecule has 2 bridgehead atoms. The molecule has 46 heavy (non-hydrogen) atoms. The van der Waals surface area contributed by atoms with E-state index >= 15 is 0 Å². The molecule has 4 rings (SSSR count). The van der Waals surface area contributed by atoms with E-state index in [-0.39, 0.29) is 71.6 Å². The predicted molar refractivity (Wildman–Crippen MR) is 170 cm³/mol. The maximum atomic E-state index is 13.6. The second-order valence-corrected chi connectivity index (χ2v) is 12.6. The third-order valence-electron chi connectivity index (χ3n) is 9.47. The third kappa shape index (κ3) is 10.6. The molecule has 6 N–H and O–H groups in total. The molecule has 0 aromatic carbocycles. The highest BCUT2D eigenvalue weighted by molar-refractivity contribution is 5.83. The lowest BCUT2D eigenvalue weighted by atomic mass is 9.75. The second-order valence-electron chi connectivity index (χ2n) is 12.6. The van der Waals surface area contributed by atoms with Crippen LogP contribution in [-0.2, 0) is 33.5 Å². The molecule has 262 valence electrons. The zero-order valence-corrected chi connectivity index (χ0v) is 28.4. The van der Waals surface area contributed by atoms with Gasteiger partial charge in [0.15, 0.2) is 0 Å². The Kier molecular flexibility index (Phi) is 15.9. The number of amides is 6. The maximum Gasteiger partial charge on any atom is 0.227 e. The van der Waals surface area contributed by atoms with E-state index < -0.39 is 18.1 Å². The van der Waals surface area contributed by atoms with Crippen LogP contribution in [0.15, 0.2) is 0 Å². The van der Waals surface area contributed by atoms with Crippen LogP contribution >= 0.6 is 0 Å². The molecule has 6 amide bonds. The summed E-state index contributed by atoms with van der Waals surface area (Å²) < 4.78 is 19.2. The van der Waals surface area contributed by atoms with Gasteiger partial charge in [-0.3, -0.25) is 28.8 Å². The summed E-state index contributed by atoms with van der Waals surface area (Å²) in [5, 5.41) is 16.1. The van der Waals surface area contributed by atoms with E-state index in [2.05, 4.69) is 38.8 Å². The van der Waals surface area contributed by atoms with Crippen LogP contribution in [0.1, 0.15) is 85.5 Å². The van der Waals surface area contributed by atoms with Gasteiger partial charge in [0.25, 0.3) is 0 Å². The minimum Gasteiger partial charge on any atom is -0.372 e. The highest BCUT2D eigenvalue weighted by Crippen LogP contribution is 2.39. The van der Waals surface area contributed by atoms with E-state index in [1.54, 1.807) is 14.1 Å². The molecule has 10 atom stereocenters. The van der Waals surface area contributed by atoms with Crippen LogP contribution < -0.4 is 31.9 Å². The van der Waals surface area contributed by atoms with Gasteiger partial charge in [-0.05, 0) is 50.9 Å². The van der Waals surface area contributed by atoms with Gasteiger partial charge in [-0.15, -0.1) is 0 Å². The van der Waals surface area contributed by atoms with Gasteiger partial charge in [0, 0.05) is 48.0 Å². The first-order valence-corrected chi connectivity index (χ1v) is 16.5. The van der Waals surface area contributed by atoms with Crippen LogP contribution in [0.3, 0.4) is 0 Å². The molecule has 0 radical (unpaired) electrons. The lowest BCUT2D eigenvalue weighted by Gasteiger charge is -2.37. The number of fused-ring (bicyclic) bond motifs is 2. The van der Waals surface area contributed by atoms with Gasteiger partial charge in [-0.1, -0.05) is 19.8 Å². The van der Waals surface area contributed by atoms with Crippen LogP contribution in [0.4, 0.5) is 4.39 Å². The number of hydrogen-bond acceptors (Lipinski definition) is 7. The standard InChI is InChI=1S/C12H22N2O2.C10H17FN2O2.C10H16N2O3/c1-4-9-6-5-7-10(12(16)13-3)11(9)14-8(2)15;1-6(14)13-9-7(10(15)12-2)4-3-5-8(9)11;1-5(13)12-9-7-4-3-6(15-7)8(9)10(14)11-2/h9-11H,4-7H2,1-3H3,(H,13,16)(H,14,15);7-9H,3-5H2,1-2H3,(H,12,15)(H,13,14);6-9H,3-4H2,1-2H3,(H,11,14)(H,12,13). The van der Waals surface area contributed by atoms with Gasteiger partial charge in [0.05, 0.1) is 42.0 Å². The summed E-state index contributed by atoms with van der Waals surface area (Å²) in [5.74, 6) is -0.926. The minimum atomic E-state index is -1.12. The van der Waals surface area contributed by atoms with Crippen molar-refractivity contribution in [1.29, 1.82) is 0 Å². The molecule has 2 aliphatic heterocycles. The quantitative estimate of drug-likeness (QED) is 0.235. The molecule has 0 aromatic rings. The molecule has 2 saturated carbocycles. The molecule has 2 heterocycles. The Labute approximate surface area is 272 Å². The first kappa shape index (κ1) is 38.9. The summed E-state index contributed by atoms with van der Waals surface area (Å²) >= 11 is 0. The summed E-state index contributed by atoms with van der Waals surface area (Å²) in [6, 6.07) is -0.811. The van der Waals surface area contributed by atoms with E-state index in [9.17, 15) is 33.2 Å². The van der Waals surface area contributed by atoms with Gasteiger partial charge in [0.2, 0.25) is 35.4 Å². The number of halogens is 1. The number of carbonyl (C=O) groups excluding carboxylic acids is 6. The molecule has 0 spiro atoms. The van der Waals surface area contributed by atoms with Gasteiger partial charge in [-0.2, -0.15) is 0 Å². The molecule has 2 saturated heterocycles. The van der Waals surface area contributed by atoms with Gasteiger partial charge < -0.3 is 36.6 Å². The number of ether oxygens (including phenoxy) is 1. The van der Waals surface area contributed by atoms with Gasteiger partial charge in [-0.25, -0.2) is 4.39 Å². The normalized spacial score (nSPS) is 32.6. The van der Waals surface area contributed by atoms with Crippen molar-refractivity contribution >= 4 is 35.4 Å². The number of carbonyl (C=O) groups is 6. The summed E-state index contributed by atoms with van der Waals surface area (Å²) in [6.07, 6.45) is 6.53. The molecule has 2 aliphatic carbocycles. The minimum absolute atomic E-state index is 0.0104. The second kappa shape index (κ2) is 18.8. The molecule has 0 aromatic heterocycles. The van der Waals surface area contributed by atoms with E-state index in [1.807, 2.05) is 0 Å². The van der Waals surface area contributed by atoms with Crippen molar-refractivity contribution in [3.63, 3.8) is 0 Å². The lowest BCUT2D eigenvalue weighted by Crippen LogP contribution is -2.52. The van der Waals surface area contributed by atoms with Crippen LogP contribution in [0, 0.1) is 23.7 Å². The predicted octanol–water partition coefficient (Wildman–Crippen LogP) is 0.853. The zero-order chi connectivity index (χ0) is 34.6. The van der Waals surface area contributed by atoms with Crippen LogP contribution in [0.25, 0.3) is 0 Å². The van der Waals surface area contributed by atoms with E-state index in [1.165, 1.54) is 27.8 Å². The molecule has 14 heteroatoms. The monoisotopic (exact) mass is 654 g/mol. The van der Waals surface area contributed by atoms with Crippen LogP contribution in [0.2, 0.25) is 0 Å². The first-order chi connectivity index (χ1) is 21.8. The van der Waals surface area contributed by atoms with Crippen LogP contribution in [-0.4, -0.2) is 93.1 Å². The number of nitrogens with one attached hydrogen (secondary N) is 6. The van der Waals surface area contributed by atoms with Gasteiger partial charge >= 0.3 is 0 Å². The fraction of sp³-hybridized carbons (Fsp3) is 0.812. The van der Waals surface area contributed by atoms with Crippen molar-refractivity contribution in [2.45, 2.75) is 122 Å². The molecule has 4 aliphatic rings. The molecular formula is C32H55FN6O7. The topological polar surface area (TPSA) is 184 Å². The maximum absolute atomic E-state index is 13.6. The van der Waals surface area contributed by atoms with Crippen molar-refractivity contribution in [2.75, 3.05) is 21.1 Å². The smallest absolute Gasteiger partial charge is 0.227 e.